The SMILES string of the molecule is O=P(O)(F)F.[H-].[Li+]. The predicted octanol–water partition coefficient (Wildman–Crippen LogP) is -1.86. The van der Waals surface area contributed by atoms with Crippen molar-refractivity contribution in [3.8, 4) is 0 Å². The van der Waals surface area contributed by atoms with Crippen molar-refractivity contribution in [2.24, 2.45) is 0 Å². The summed E-state index contributed by atoms with van der Waals surface area (Å²) in [6.07, 6.45) is 0. The van der Waals surface area contributed by atoms with Gasteiger partial charge in [0.2, 0.25) is 0 Å². The van der Waals surface area contributed by atoms with E-state index in [1.165, 1.54) is 0 Å². The van der Waals surface area contributed by atoms with Gasteiger partial charge in [-0.05, 0) is 0 Å². The van der Waals surface area contributed by atoms with Gasteiger partial charge in [0, 0.05) is 0 Å². The molecular weight excluding hydrogens is 108 g/mol. The van der Waals surface area contributed by atoms with Crippen LogP contribution in [0.4, 0.5) is 8.39 Å². The molecule has 0 saturated heterocycles. The monoisotopic (exact) mass is 110 g/mol. The summed E-state index contributed by atoms with van der Waals surface area (Å²) < 4.78 is 28.7. The van der Waals surface area contributed by atoms with Crippen molar-refractivity contribution in [1.82, 2.24) is 0 Å². The molecule has 1 N–H and O–H groups in total. The zero-order valence-electron chi connectivity index (χ0n) is 4.06. The fourth-order valence-electron chi connectivity index (χ4n) is 0. The van der Waals surface area contributed by atoms with E-state index in [2.05, 4.69) is 0 Å². The van der Waals surface area contributed by atoms with Crippen molar-refractivity contribution in [2.75, 3.05) is 0 Å². The van der Waals surface area contributed by atoms with Crippen LogP contribution in [0, 0.1) is 0 Å². The van der Waals surface area contributed by atoms with Crippen LogP contribution in [0.5, 0.6) is 0 Å². The maximum Gasteiger partial charge on any atom is 1.00 e. The minimum absolute atomic E-state index is 0. The second-order valence-electron chi connectivity index (χ2n) is 0.435. The zero-order valence-corrected chi connectivity index (χ0v) is 3.95. The molecule has 6 heteroatoms. The van der Waals surface area contributed by atoms with Crippen LogP contribution in [0.3, 0.4) is 0 Å². The summed E-state index contributed by atoms with van der Waals surface area (Å²) >= 11 is 0. The second kappa shape index (κ2) is 2.76. The Balaban J connectivity index is -0.0000000800. The third kappa shape index (κ3) is 148. The minimum Gasteiger partial charge on any atom is -1.00 e. The molecular formula is H2F2LiO2P. The van der Waals surface area contributed by atoms with E-state index >= 15 is 0 Å². The fourth-order valence-corrected chi connectivity index (χ4v) is 0. The predicted molar refractivity (Wildman–Crippen MR) is 13.2 cm³/mol. The van der Waals surface area contributed by atoms with Gasteiger partial charge in [0.25, 0.3) is 0 Å². The van der Waals surface area contributed by atoms with Gasteiger partial charge in [-0.1, -0.05) is 0 Å². The number of hydrogen-bond acceptors (Lipinski definition) is 1. The first-order chi connectivity index (χ1) is 2.00. The normalized spacial score (nSPS) is 9.83. The van der Waals surface area contributed by atoms with Crippen molar-refractivity contribution < 1.29 is 38.1 Å². The van der Waals surface area contributed by atoms with Crippen molar-refractivity contribution in [1.29, 1.82) is 0 Å². The van der Waals surface area contributed by atoms with Crippen LogP contribution in [0.2, 0.25) is 0 Å². The first-order valence-electron chi connectivity index (χ1n) is 0.721. The van der Waals surface area contributed by atoms with Gasteiger partial charge < -0.3 is 1.43 Å². The molecule has 6 heavy (non-hydrogen) atoms. The average Bonchev–Trinajstić information content (AvgIpc) is 0.722. The van der Waals surface area contributed by atoms with Crippen LogP contribution in [-0.2, 0) is 4.57 Å². The number of hydrogen-bond donors (Lipinski definition) is 1. The molecule has 0 amide bonds. The molecule has 0 aliphatic rings. The third-order valence-corrected chi connectivity index (χ3v) is 0. The smallest absolute Gasteiger partial charge is 1.00 e. The van der Waals surface area contributed by atoms with Crippen molar-refractivity contribution in [3.63, 3.8) is 0 Å². The standard InChI is InChI=1S/F2HO2P.Li.H/c1-5(2,3)4;;/h(H,3,4);;/q;+1;-1. The molecule has 0 rings (SSSR count). The molecule has 0 radical (unpaired) electrons. The van der Waals surface area contributed by atoms with Gasteiger partial charge in [-0.2, -0.15) is 0 Å². The molecule has 0 aromatic carbocycles. The van der Waals surface area contributed by atoms with Gasteiger partial charge in [-0.15, -0.1) is 8.39 Å². The summed E-state index contributed by atoms with van der Waals surface area (Å²) in [4.78, 5) is 6.74. The summed E-state index contributed by atoms with van der Waals surface area (Å²) in [5.41, 5.74) is 0. The molecule has 0 aromatic heterocycles. The summed E-state index contributed by atoms with van der Waals surface area (Å²) in [5, 5.41) is 0. The Morgan fingerprint density at radius 1 is 1.67 bits per heavy atom. The molecule has 0 aliphatic heterocycles. The van der Waals surface area contributed by atoms with E-state index in [4.69, 9.17) is 9.46 Å². The van der Waals surface area contributed by atoms with Gasteiger partial charge in [0.05, 0.1) is 0 Å². The quantitative estimate of drug-likeness (QED) is 0.293. The van der Waals surface area contributed by atoms with Gasteiger partial charge in [0.15, 0.2) is 0 Å². The molecule has 0 unspecified atom stereocenters. The summed E-state index contributed by atoms with van der Waals surface area (Å²) in [7, 11) is -5.64. The van der Waals surface area contributed by atoms with Crippen LogP contribution < -0.4 is 18.9 Å². The molecule has 2 nitrogen and oxygen atoms in total. The van der Waals surface area contributed by atoms with E-state index in [1.807, 2.05) is 0 Å². The van der Waals surface area contributed by atoms with Crippen LogP contribution in [-0.4, -0.2) is 4.89 Å². The minimum atomic E-state index is -5.64. The first-order valence-corrected chi connectivity index (χ1v) is 2.16. The molecule has 0 spiro atoms. The van der Waals surface area contributed by atoms with Gasteiger partial charge in [0.1, 0.15) is 0 Å². The molecule has 0 fully saturated rings. The maximum absolute atomic E-state index is 10.1. The van der Waals surface area contributed by atoms with Crippen molar-refractivity contribution in [2.45, 2.75) is 0 Å². The van der Waals surface area contributed by atoms with E-state index in [0.717, 1.165) is 0 Å². The molecule has 0 aliphatic carbocycles. The van der Waals surface area contributed by atoms with Crippen molar-refractivity contribution in [3.05, 3.63) is 0 Å². The number of rotatable bonds is 0. The van der Waals surface area contributed by atoms with E-state index in [9.17, 15) is 8.39 Å². The van der Waals surface area contributed by atoms with Crippen LogP contribution in [0.15, 0.2) is 0 Å². The van der Waals surface area contributed by atoms with E-state index in [-0.39, 0.29) is 20.3 Å². The summed E-state index contributed by atoms with van der Waals surface area (Å²) in [6.45, 7) is 0. The topological polar surface area (TPSA) is 37.3 Å². The fraction of sp³-hybridized carbons (Fsp3) is 0. The molecule has 0 aromatic rings. The largest absolute Gasteiger partial charge is 1.00 e. The average molecular weight is 110 g/mol. The Kier molecular flexibility index (Phi) is 4.52. The van der Waals surface area contributed by atoms with Gasteiger partial charge in [-0.3, -0.25) is 4.89 Å². The Bertz CT molecular complexity index is 61.8. The van der Waals surface area contributed by atoms with Gasteiger partial charge in [-0.25, -0.2) is 4.57 Å². The molecule has 0 saturated carbocycles. The van der Waals surface area contributed by atoms with Crippen LogP contribution in [0.25, 0.3) is 0 Å². The van der Waals surface area contributed by atoms with Crippen LogP contribution >= 0.6 is 7.99 Å². The first kappa shape index (κ1) is 9.82. The zero-order chi connectivity index (χ0) is 4.50. The Hall–Kier alpha value is 0.647. The Labute approximate surface area is 46.9 Å². The number of halogens is 2. The van der Waals surface area contributed by atoms with Crippen molar-refractivity contribution >= 4 is 7.99 Å². The molecule has 0 bridgehead atoms. The van der Waals surface area contributed by atoms with Gasteiger partial charge >= 0.3 is 26.9 Å². The Morgan fingerprint density at radius 2 is 1.67 bits per heavy atom. The third-order valence-electron chi connectivity index (χ3n) is 0. The van der Waals surface area contributed by atoms with E-state index in [1.54, 1.807) is 0 Å². The Morgan fingerprint density at radius 3 is 1.67 bits per heavy atom. The second-order valence-corrected chi connectivity index (χ2v) is 1.30. The molecule has 34 valence electrons. The summed E-state index contributed by atoms with van der Waals surface area (Å²) in [6, 6.07) is 0. The maximum atomic E-state index is 10.1. The summed E-state index contributed by atoms with van der Waals surface area (Å²) in [5.74, 6) is 0. The van der Waals surface area contributed by atoms with Crippen LogP contribution in [0.1, 0.15) is 1.43 Å². The van der Waals surface area contributed by atoms with E-state index in [0.29, 0.717) is 0 Å². The molecule has 0 atom stereocenters. The van der Waals surface area contributed by atoms with E-state index < -0.39 is 7.99 Å². The molecule has 0 heterocycles.